The lowest BCUT2D eigenvalue weighted by molar-refractivity contribution is 0.278. The standard InChI is InChI=1S/C21H36O/c1-15(2)13-20(6,7)16-10-11-18(22)17(12-16)21(8,9)14-19(3,4)5/h10-12,15,22H,13-14H2,1-9H3. The van der Waals surface area contributed by atoms with Gasteiger partial charge in [-0.1, -0.05) is 74.4 Å². The molecular weight excluding hydrogens is 268 g/mol. The quantitative estimate of drug-likeness (QED) is 0.664. The van der Waals surface area contributed by atoms with Crippen LogP contribution in [0.15, 0.2) is 18.2 Å². The van der Waals surface area contributed by atoms with E-state index in [0.717, 1.165) is 18.4 Å². The number of benzene rings is 1. The predicted octanol–water partition coefficient (Wildman–Crippen LogP) is 6.43. The van der Waals surface area contributed by atoms with Crippen LogP contribution in [-0.2, 0) is 10.8 Å². The van der Waals surface area contributed by atoms with E-state index in [0.29, 0.717) is 11.7 Å². The molecule has 0 fully saturated rings. The first-order valence-corrected chi connectivity index (χ1v) is 8.59. The lowest BCUT2D eigenvalue weighted by Gasteiger charge is -2.35. The Bertz CT molecular complexity index is 501. The van der Waals surface area contributed by atoms with Crippen molar-refractivity contribution >= 4 is 0 Å². The Hall–Kier alpha value is -0.980. The summed E-state index contributed by atoms with van der Waals surface area (Å²) in [6, 6.07) is 6.22. The molecule has 0 heterocycles. The maximum absolute atomic E-state index is 10.4. The largest absolute Gasteiger partial charge is 0.508 e. The number of hydrogen-bond acceptors (Lipinski definition) is 1. The fraction of sp³-hybridized carbons (Fsp3) is 0.714. The molecule has 1 nitrogen and oxygen atoms in total. The van der Waals surface area contributed by atoms with E-state index in [1.54, 1.807) is 0 Å². The normalized spacial score (nSPS) is 13.7. The van der Waals surface area contributed by atoms with Gasteiger partial charge in [0.05, 0.1) is 0 Å². The van der Waals surface area contributed by atoms with Gasteiger partial charge in [-0.15, -0.1) is 0 Å². The van der Waals surface area contributed by atoms with E-state index in [9.17, 15) is 5.11 Å². The summed E-state index contributed by atoms with van der Waals surface area (Å²) in [6.45, 7) is 20.4. The average molecular weight is 305 g/mol. The number of phenols is 1. The van der Waals surface area contributed by atoms with Crippen molar-refractivity contribution < 1.29 is 5.11 Å². The van der Waals surface area contributed by atoms with E-state index in [1.165, 1.54) is 5.56 Å². The number of aromatic hydroxyl groups is 1. The highest BCUT2D eigenvalue weighted by Crippen LogP contribution is 2.42. The molecule has 126 valence electrons. The van der Waals surface area contributed by atoms with Gasteiger partial charge in [-0.25, -0.2) is 0 Å². The van der Waals surface area contributed by atoms with Crippen LogP contribution in [-0.4, -0.2) is 5.11 Å². The minimum atomic E-state index is -0.0355. The molecule has 1 aromatic rings. The van der Waals surface area contributed by atoms with Crippen LogP contribution >= 0.6 is 0 Å². The van der Waals surface area contributed by atoms with Gasteiger partial charge in [0, 0.05) is 0 Å². The fourth-order valence-corrected chi connectivity index (χ4v) is 4.06. The van der Waals surface area contributed by atoms with Crippen LogP contribution in [0.4, 0.5) is 0 Å². The summed E-state index contributed by atoms with van der Waals surface area (Å²) in [4.78, 5) is 0. The predicted molar refractivity (Wildman–Crippen MR) is 97.7 cm³/mol. The van der Waals surface area contributed by atoms with Gasteiger partial charge in [0.15, 0.2) is 0 Å². The Labute approximate surface area is 138 Å². The molecule has 1 aromatic carbocycles. The zero-order valence-corrected chi connectivity index (χ0v) is 16.2. The minimum absolute atomic E-state index is 0.0355. The molecule has 1 rings (SSSR count). The number of phenolic OH excluding ortho intramolecular Hbond substituents is 1. The van der Waals surface area contributed by atoms with Crippen LogP contribution in [0.3, 0.4) is 0 Å². The molecule has 0 amide bonds. The highest BCUT2D eigenvalue weighted by molar-refractivity contribution is 5.43. The van der Waals surface area contributed by atoms with Crippen LogP contribution in [0, 0.1) is 11.3 Å². The molecule has 0 spiro atoms. The van der Waals surface area contributed by atoms with Gasteiger partial charge < -0.3 is 5.11 Å². The average Bonchev–Trinajstić information content (AvgIpc) is 2.23. The summed E-state index contributed by atoms with van der Waals surface area (Å²) >= 11 is 0. The Morgan fingerprint density at radius 3 is 1.91 bits per heavy atom. The van der Waals surface area contributed by atoms with Crippen molar-refractivity contribution in [1.29, 1.82) is 0 Å². The Morgan fingerprint density at radius 2 is 1.45 bits per heavy atom. The second kappa shape index (κ2) is 6.26. The maximum Gasteiger partial charge on any atom is 0.119 e. The zero-order valence-electron chi connectivity index (χ0n) is 16.2. The van der Waals surface area contributed by atoms with E-state index in [2.05, 4.69) is 74.4 Å². The van der Waals surface area contributed by atoms with Crippen molar-refractivity contribution in [2.24, 2.45) is 11.3 Å². The summed E-state index contributed by atoms with van der Waals surface area (Å²) in [6.07, 6.45) is 2.19. The molecule has 1 heteroatoms. The molecule has 0 aromatic heterocycles. The van der Waals surface area contributed by atoms with Crippen LogP contribution < -0.4 is 0 Å². The van der Waals surface area contributed by atoms with E-state index in [-0.39, 0.29) is 16.2 Å². The van der Waals surface area contributed by atoms with Gasteiger partial charge in [-0.3, -0.25) is 0 Å². The molecule has 0 aliphatic heterocycles. The Balaban J connectivity index is 3.25. The molecule has 22 heavy (non-hydrogen) atoms. The van der Waals surface area contributed by atoms with E-state index < -0.39 is 0 Å². The first kappa shape index (κ1) is 19.1. The summed E-state index contributed by atoms with van der Waals surface area (Å²) in [5.41, 5.74) is 2.74. The topological polar surface area (TPSA) is 20.2 Å². The fourth-order valence-electron chi connectivity index (χ4n) is 4.06. The first-order valence-electron chi connectivity index (χ1n) is 8.59. The van der Waals surface area contributed by atoms with Crippen LogP contribution in [0.5, 0.6) is 5.75 Å². The van der Waals surface area contributed by atoms with Crippen LogP contribution in [0.1, 0.15) is 86.3 Å². The van der Waals surface area contributed by atoms with Gasteiger partial charge in [0.2, 0.25) is 0 Å². The van der Waals surface area contributed by atoms with Crippen molar-refractivity contribution in [1.82, 2.24) is 0 Å². The molecule has 0 saturated carbocycles. The Kier molecular flexibility index (Phi) is 5.42. The van der Waals surface area contributed by atoms with Crippen molar-refractivity contribution in [3.8, 4) is 5.75 Å². The van der Waals surface area contributed by atoms with Gasteiger partial charge in [-0.05, 0) is 52.2 Å². The molecule has 0 aliphatic carbocycles. The van der Waals surface area contributed by atoms with Crippen LogP contribution in [0.25, 0.3) is 0 Å². The van der Waals surface area contributed by atoms with E-state index in [1.807, 2.05) is 6.07 Å². The molecule has 0 aliphatic rings. The molecule has 0 atom stereocenters. The number of rotatable bonds is 5. The monoisotopic (exact) mass is 304 g/mol. The SMILES string of the molecule is CC(C)CC(C)(C)c1ccc(O)c(C(C)(C)CC(C)(C)C)c1. The van der Waals surface area contributed by atoms with Crippen molar-refractivity contribution in [3.63, 3.8) is 0 Å². The smallest absolute Gasteiger partial charge is 0.119 e. The molecule has 0 unspecified atom stereocenters. The summed E-state index contributed by atoms with van der Waals surface area (Å²) in [5.74, 6) is 1.09. The highest BCUT2D eigenvalue weighted by Gasteiger charge is 2.31. The lowest BCUT2D eigenvalue weighted by Crippen LogP contribution is -2.26. The van der Waals surface area contributed by atoms with Gasteiger partial charge in [0.25, 0.3) is 0 Å². The minimum Gasteiger partial charge on any atom is -0.508 e. The van der Waals surface area contributed by atoms with Crippen molar-refractivity contribution in [2.45, 2.75) is 86.0 Å². The molecule has 0 saturated heterocycles. The molecule has 0 bridgehead atoms. The summed E-state index contributed by atoms with van der Waals surface area (Å²) in [7, 11) is 0. The third-order valence-corrected chi connectivity index (χ3v) is 4.40. The third-order valence-electron chi connectivity index (χ3n) is 4.40. The summed E-state index contributed by atoms with van der Waals surface area (Å²) < 4.78 is 0. The van der Waals surface area contributed by atoms with Gasteiger partial charge in [0.1, 0.15) is 5.75 Å². The molecule has 0 radical (unpaired) electrons. The van der Waals surface area contributed by atoms with Gasteiger partial charge in [-0.2, -0.15) is 0 Å². The maximum atomic E-state index is 10.4. The zero-order chi connectivity index (χ0) is 17.3. The third kappa shape index (κ3) is 5.04. The van der Waals surface area contributed by atoms with Crippen molar-refractivity contribution in [2.75, 3.05) is 0 Å². The Morgan fingerprint density at radius 1 is 0.909 bits per heavy atom. The van der Waals surface area contributed by atoms with E-state index >= 15 is 0 Å². The molecule has 1 N–H and O–H groups in total. The van der Waals surface area contributed by atoms with Gasteiger partial charge >= 0.3 is 0 Å². The van der Waals surface area contributed by atoms with Crippen LogP contribution in [0.2, 0.25) is 0 Å². The van der Waals surface area contributed by atoms with E-state index in [4.69, 9.17) is 0 Å². The van der Waals surface area contributed by atoms with Crippen molar-refractivity contribution in [3.05, 3.63) is 29.3 Å². The second-order valence-electron chi connectivity index (χ2n) is 9.84. The molecular formula is C21H36O. The highest BCUT2D eigenvalue weighted by atomic mass is 16.3. The first-order chi connectivity index (χ1) is 9.74. The lowest BCUT2D eigenvalue weighted by atomic mass is 9.70. The number of hydrogen-bond donors (Lipinski definition) is 1. The second-order valence-corrected chi connectivity index (χ2v) is 9.84. The summed E-state index contributed by atoms with van der Waals surface area (Å²) in [5, 5.41) is 10.4.